The van der Waals surface area contributed by atoms with Crippen molar-refractivity contribution in [1.82, 2.24) is 5.32 Å². The van der Waals surface area contributed by atoms with Gasteiger partial charge in [-0.15, -0.1) is 0 Å². The first kappa shape index (κ1) is 17.7. The Morgan fingerprint density at radius 1 is 1.26 bits per heavy atom. The van der Waals surface area contributed by atoms with E-state index >= 15 is 0 Å². The molecule has 1 fully saturated rings. The lowest BCUT2D eigenvalue weighted by molar-refractivity contribution is -0.104. The third-order valence-electron chi connectivity index (χ3n) is 4.73. The minimum absolute atomic E-state index is 0.0361. The lowest BCUT2D eigenvalue weighted by Crippen LogP contribution is -2.31. The summed E-state index contributed by atoms with van der Waals surface area (Å²) in [5.74, 6) is 1.55. The topological polar surface area (TPSA) is 38.3 Å². The Balaban J connectivity index is 1.87. The van der Waals surface area contributed by atoms with E-state index in [1.54, 1.807) is 6.08 Å². The van der Waals surface area contributed by atoms with Gasteiger partial charge < -0.3 is 10.1 Å². The molecule has 2 rings (SSSR count). The predicted octanol–water partition coefficient (Wildman–Crippen LogP) is 3.89. The number of ether oxygens (including phenoxy) is 1. The van der Waals surface area contributed by atoms with Crippen LogP contribution in [0.5, 0.6) is 0 Å². The lowest BCUT2D eigenvalue weighted by atomic mass is 9.87. The second kappa shape index (κ2) is 10.2. The molecule has 1 aliphatic carbocycles. The summed E-state index contributed by atoms with van der Waals surface area (Å²) >= 11 is 0. The number of allylic oxidation sites excluding steroid dienone is 1. The number of carbonyl (C=O) groups excluding carboxylic acids is 1. The van der Waals surface area contributed by atoms with E-state index < -0.39 is 0 Å². The van der Waals surface area contributed by atoms with Crippen LogP contribution in [0.1, 0.15) is 44.1 Å². The zero-order valence-electron chi connectivity index (χ0n) is 14.2. The molecule has 0 amide bonds. The third-order valence-corrected chi connectivity index (χ3v) is 4.73. The summed E-state index contributed by atoms with van der Waals surface area (Å²) in [5, 5.41) is 3.27. The van der Waals surface area contributed by atoms with E-state index in [4.69, 9.17) is 4.74 Å². The van der Waals surface area contributed by atoms with Crippen molar-refractivity contribution >= 4 is 6.29 Å². The Labute approximate surface area is 140 Å². The van der Waals surface area contributed by atoms with Crippen molar-refractivity contribution in [3.63, 3.8) is 0 Å². The van der Waals surface area contributed by atoms with Crippen LogP contribution in [0, 0.1) is 5.92 Å². The zero-order valence-corrected chi connectivity index (χ0v) is 14.2. The minimum Gasteiger partial charge on any atom is -0.496 e. The summed E-state index contributed by atoms with van der Waals surface area (Å²) < 4.78 is 5.98. The summed E-state index contributed by atoms with van der Waals surface area (Å²) in [6, 6.07) is 10.3. The van der Waals surface area contributed by atoms with Crippen LogP contribution in [-0.4, -0.2) is 26.0 Å². The highest BCUT2D eigenvalue weighted by Gasteiger charge is 2.17. The van der Waals surface area contributed by atoms with Crippen molar-refractivity contribution in [3.8, 4) is 0 Å². The molecule has 1 atom stereocenters. The number of carbonyl (C=O) groups is 1. The molecular weight excluding hydrogens is 286 g/mol. The van der Waals surface area contributed by atoms with E-state index in [-0.39, 0.29) is 6.04 Å². The number of aldehydes is 1. The van der Waals surface area contributed by atoms with E-state index in [9.17, 15) is 4.79 Å². The Bertz CT molecular complexity index is 478. The molecule has 3 heteroatoms. The molecule has 3 nitrogen and oxygen atoms in total. The second-order valence-corrected chi connectivity index (χ2v) is 6.38. The maximum atomic E-state index is 11.0. The van der Waals surface area contributed by atoms with Crippen molar-refractivity contribution in [2.75, 3.05) is 13.7 Å². The molecule has 1 aromatic carbocycles. The van der Waals surface area contributed by atoms with Crippen LogP contribution < -0.4 is 5.32 Å². The van der Waals surface area contributed by atoms with Crippen molar-refractivity contribution in [2.24, 2.45) is 5.92 Å². The van der Waals surface area contributed by atoms with Gasteiger partial charge in [-0.2, -0.15) is 0 Å². The first-order chi connectivity index (χ1) is 11.3. The molecule has 1 N–H and O–H groups in total. The van der Waals surface area contributed by atoms with Crippen molar-refractivity contribution in [2.45, 2.75) is 51.0 Å². The van der Waals surface area contributed by atoms with E-state index in [1.165, 1.54) is 37.7 Å². The average molecular weight is 315 g/mol. The molecule has 1 aliphatic rings. The van der Waals surface area contributed by atoms with Gasteiger partial charge in [0.1, 0.15) is 12.0 Å². The van der Waals surface area contributed by atoms with Gasteiger partial charge in [0.05, 0.1) is 12.6 Å². The van der Waals surface area contributed by atoms with E-state index in [2.05, 4.69) is 17.4 Å². The number of benzene rings is 1. The van der Waals surface area contributed by atoms with Crippen LogP contribution in [0.3, 0.4) is 0 Å². The number of rotatable bonds is 9. The average Bonchev–Trinajstić information content (AvgIpc) is 2.61. The fraction of sp³-hybridized carbons (Fsp3) is 0.550. The fourth-order valence-corrected chi connectivity index (χ4v) is 3.35. The Morgan fingerprint density at radius 3 is 2.65 bits per heavy atom. The fourth-order valence-electron chi connectivity index (χ4n) is 3.35. The van der Waals surface area contributed by atoms with Crippen LogP contribution in [0.15, 0.2) is 42.2 Å². The monoisotopic (exact) mass is 315 g/mol. The van der Waals surface area contributed by atoms with Gasteiger partial charge in [0.2, 0.25) is 0 Å². The summed E-state index contributed by atoms with van der Waals surface area (Å²) in [6.07, 6.45) is 11.1. The van der Waals surface area contributed by atoms with Gasteiger partial charge in [0.25, 0.3) is 0 Å². The highest BCUT2D eigenvalue weighted by Crippen LogP contribution is 2.26. The van der Waals surface area contributed by atoms with Gasteiger partial charge in [-0.25, -0.2) is 0 Å². The maximum absolute atomic E-state index is 11.0. The number of hydrogen-bond donors (Lipinski definition) is 1. The molecule has 0 bridgehead atoms. The molecule has 0 saturated heterocycles. The molecule has 0 aromatic heterocycles. The van der Waals surface area contributed by atoms with Crippen LogP contribution in [-0.2, 0) is 16.0 Å². The van der Waals surface area contributed by atoms with E-state index in [0.717, 1.165) is 30.8 Å². The Kier molecular flexibility index (Phi) is 7.88. The van der Waals surface area contributed by atoms with Crippen molar-refractivity contribution in [3.05, 3.63) is 47.7 Å². The first-order valence-corrected chi connectivity index (χ1v) is 8.83. The van der Waals surface area contributed by atoms with Gasteiger partial charge in [-0.05, 0) is 31.4 Å². The molecule has 126 valence electrons. The van der Waals surface area contributed by atoms with Gasteiger partial charge >= 0.3 is 0 Å². The summed E-state index contributed by atoms with van der Waals surface area (Å²) in [7, 11) is 1.91. The minimum atomic E-state index is 0.0361. The number of nitrogens with one attached hydrogen (secondary N) is 1. The van der Waals surface area contributed by atoms with Gasteiger partial charge in [-0.1, -0.05) is 62.4 Å². The molecule has 0 radical (unpaired) electrons. The summed E-state index contributed by atoms with van der Waals surface area (Å²) in [4.78, 5) is 11.0. The SMILES string of the molecule is CNC(Cc1ccccc1)/C(=C\C=O)OCCC1CCCCC1. The number of hydrogen-bond acceptors (Lipinski definition) is 3. The van der Waals surface area contributed by atoms with Crippen LogP contribution >= 0.6 is 0 Å². The van der Waals surface area contributed by atoms with E-state index in [0.29, 0.717) is 6.61 Å². The van der Waals surface area contributed by atoms with E-state index in [1.807, 2.05) is 25.2 Å². The smallest absolute Gasteiger partial charge is 0.146 e. The lowest BCUT2D eigenvalue weighted by Gasteiger charge is -2.24. The molecule has 1 aromatic rings. The maximum Gasteiger partial charge on any atom is 0.146 e. The van der Waals surface area contributed by atoms with Crippen molar-refractivity contribution in [1.29, 1.82) is 0 Å². The van der Waals surface area contributed by atoms with Gasteiger partial charge in [0, 0.05) is 6.08 Å². The Morgan fingerprint density at radius 2 is 2.00 bits per heavy atom. The zero-order chi connectivity index (χ0) is 16.3. The molecule has 1 unspecified atom stereocenters. The summed E-state index contributed by atoms with van der Waals surface area (Å²) in [5.41, 5.74) is 1.24. The van der Waals surface area contributed by atoms with Crippen molar-refractivity contribution < 1.29 is 9.53 Å². The predicted molar refractivity (Wildman–Crippen MR) is 94.3 cm³/mol. The Hall–Kier alpha value is -1.61. The highest BCUT2D eigenvalue weighted by atomic mass is 16.5. The quantitative estimate of drug-likeness (QED) is 0.427. The number of likely N-dealkylation sites (N-methyl/N-ethyl adjacent to an activating group) is 1. The molecule has 23 heavy (non-hydrogen) atoms. The van der Waals surface area contributed by atoms with Crippen LogP contribution in [0.25, 0.3) is 0 Å². The molecule has 0 heterocycles. The molecular formula is C20H29NO2. The standard InChI is InChI=1S/C20H29NO2/c1-21-19(16-18-10-6-3-7-11-18)20(12-14-22)23-15-13-17-8-4-2-5-9-17/h3,6-7,10-12,14,17,19,21H,2,4-5,8-9,13,15-16H2,1H3/b20-12+. The summed E-state index contributed by atoms with van der Waals surface area (Å²) in [6.45, 7) is 0.706. The van der Waals surface area contributed by atoms with Gasteiger partial charge in [-0.3, -0.25) is 4.79 Å². The van der Waals surface area contributed by atoms with Crippen LogP contribution in [0.4, 0.5) is 0 Å². The van der Waals surface area contributed by atoms with Crippen LogP contribution in [0.2, 0.25) is 0 Å². The highest BCUT2D eigenvalue weighted by molar-refractivity contribution is 5.65. The largest absolute Gasteiger partial charge is 0.496 e. The molecule has 0 spiro atoms. The molecule has 1 saturated carbocycles. The second-order valence-electron chi connectivity index (χ2n) is 6.38. The molecule has 0 aliphatic heterocycles. The third kappa shape index (κ3) is 6.19. The first-order valence-electron chi connectivity index (χ1n) is 8.83. The van der Waals surface area contributed by atoms with Gasteiger partial charge in [0.15, 0.2) is 0 Å². The normalized spacial score (nSPS) is 17.7.